The number of methoxy groups -OCH3 is 1. The summed E-state index contributed by atoms with van der Waals surface area (Å²) in [5, 5.41) is 37.7. The number of hydrogen-bond donors (Lipinski definition) is 3. The molecule has 3 aromatic rings. The van der Waals surface area contributed by atoms with Crippen LogP contribution >= 0.6 is 0 Å². The lowest BCUT2D eigenvalue weighted by atomic mass is 9.90. The number of ether oxygens (including phenoxy) is 2. The van der Waals surface area contributed by atoms with Crippen molar-refractivity contribution in [3.8, 4) is 11.3 Å². The van der Waals surface area contributed by atoms with Gasteiger partial charge < -0.3 is 19.7 Å². The van der Waals surface area contributed by atoms with Crippen LogP contribution in [0.1, 0.15) is 51.4 Å². The van der Waals surface area contributed by atoms with Crippen LogP contribution in [0.2, 0.25) is 0 Å². The first kappa shape index (κ1) is 32.4. The van der Waals surface area contributed by atoms with Crippen molar-refractivity contribution in [2.75, 3.05) is 26.8 Å². The Kier molecular flexibility index (Phi) is 9.17. The molecule has 0 radical (unpaired) electrons. The Morgan fingerprint density at radius 2 is 1.70 bits per heavy atom. The van der Waals surface area contributed by atoms with Crippen LogP contribution in [0.4, 0.5) is 13.2 Å². The fraction of sp³-hybridized carbons (Fsp3) is 0.630. The van der Waals surface area contributed by atoms with Gasteiger partial charge in [0.05, 0.1) is 35.4 Å². The molecule has 2 saturated heterocycles. The number of rotatable bonds is 8. The minimum absolute atomic E-state index is 0.00244. The maximum Gasteiger partial charge on any atom is 0.194 e. The molecule has 0 bridgehead atoms. The number of aliphatic hydroxyl groups excluding tert-OH is 2. The summed E-state index contributed by atoms with van der Waals surface area (Å²) < 4.78 is 78.5. The highest BCUT2D eigenvalue weighted by Crippen LogP contribution is 2.35. The number of piperidine rings is 1. The van der Waals surface area contributed by atoms with Gasteiger partial charge in [-0.2, -0.15) is 0 Å². The first-order valence-electron chi connectivity index (χ1n) is 14.2. The fourth-order valence-electron chi connectivity index (χ4n) is 5.73. The van der Waals surface area contributed by atoms with E-state index in [0.29, 0.717) is 31.6 Å². The molecule has 4 heterocycles. The maximum atomic E-state index is 13.8. The molecule has 6 atom stereocenters. The number of benzene rings is 1. The molecule has 17 heteroatoms. The molecular weight excluding hydrogens is 605 g/mol. The average molecular weight is 643 g/mol. The van der Waals surface area contributed by atoms with Gasteiger partial charge in [0, 0.05) is 38.4 Å². The van der Waals surface area contributed by atoms with E-state index in [0.717, 1.165) is 12.1 Å². The molecule has 0 spiro atoms. The van der Waals surface area contributed by atoms with Crippen LogP contribution in [0.5, 0.6) is 0 Å². The van der Waals surface area contributed by atoms with Crippen LogP contribution in [0.25, 0.3) is 11.3 Å². The molecule has 44 heavy (non-hydrogen) atoms. The van der Waals surface area contributed by atoms with Gasteiger partial charge in [-0.05, 0) is 45.7 Å². The van der Waals surface area contributed by atoms with Gasteiger partial charge in [0.25, 0.3) is 0 Å². The topological polar surface area (TPSA) is 164 Å². The van der Waals surface area contributed by atoms with E-state index < -0.39 is 69.2 Å². The van der Waals surface area contributed by atoms with Crippen molar-refractivity contribution in [1.82, 2.24) is 34.3 Å². The van der Waals surface area contributed by atoms with Gasteiger partial charge in [-0.3, -0.25) is 0 Å². The summed E-state index contributed by atoms with van der Waals surface area (Å²) in [5.74, 6) is -4.36. The standard InChI is InChI=1S/C27H37F3N8O5S/c1-27(2,3)44(31,41)36-7-5-17(6-8-36)37-12-16(32-34-37)11-21-26(42-4)24(25(40)22(14-39)43-21)38-13-20(33-35-38)15-9-18(28)23(30)19(29)10-15/h9-10,12-13,17,21-22,24-26,31,39-40H,5-8,11,14H2,1-4H3/t21-,22-,24+,25+,26+,44?/m1/s1. The summed E-state index contributed by atoms with van der Waals surface area (Å²) in [5.41, 5.74) is 0.553. The summed E-state index contributed by atoms with van der Waals surface area (Å²) in [6, 6.07) is 0.670. The van der Waals surface area contributed by atoms with Crippen LogP contribution in [0, 0.1) is 22.2 Å². The van der Waals surface area contributed by atoms with Crippen molar-refractivity contribution < 1.29 is 37.1 Å². The van der Waals surface area contributed by atoms with Crippen molar-refractivity contribution >= 4 is 9.92 Å². The van der Waals surface area contributed by atoms with Crippen molar-refractivity contribution in [1.29, 1.82) is 4.78 Å². The molecule has 1 aromatic carbocycles. The number of halogens is 3. The third-order valence-electron chi connectivity index (χ3n) is 8.29. The van der Waals surface area contributed by atoms with Crippen molar-refractivity contribution in [2.24, 2.45) is 0 Å². The largest absolute Gasteiger partial charge is 0.394 e. The predicted octanol–water partition coefficient (Wildman–Crippen LogP) is 2.27. The van der Waals surface area contributed by atoms with Gasteiger partial charge in [0.1, 0.15) is 40.0 Å². The van der Waals surface area contributed by atoms with Crippen LogP contribution < -0.4 is 0 Å². The van der Waals surface area contributed by atoms with E-state index in [2.05, 4.69) is 20.6 Å². The Morgan fingerprint density at radius 1 is 1.07 bits per heavy atom. The molecule has 5 rings (SSSR count). The highest BCUT2D eigenvalue weighted by atomic mass is 32.2. The molecule has 242 valence electrons. The zero-order valence-corrected chi connectivity index (χ0v) is 25.6. The van der Waals surface area contributed by atoms with E-state index in [1.807, 2.05) is 0 Å². The Morgan fingerprint density at radius 3 is 2.30 bits per heavy atom. The highest BCUT2D eigenvalue weighted by Gasteiger charge is 2.47. The summed E-state index contributed by atoms with van der Waals surface area (Å²) in [6.45, 7) is 5.88. The minimum Gasteiger partial charge on any atom is -0.394 e. The average Bonchev–Trinajstić information content (AvgIpc) is 3.66. The lowest BCUT2D eigenvalue weighted by Gasteiger charge is -2.43. The van der Waals surface area contributed by atoms with E-state index in [4.69, 9.17) is 14.3 Å². The van der Waals surface area contributed by atoms with Gasteiger partial charge in [-0.25, -0.2) is 35.8 Å². The van der Waals surface area contributed by atoms with Crippen molar-refractivity contribution in [2.45, 2.75) is 81.3 Å². The van der Waals surface area contributed by atoms with Gasteiger partial charge in [0.2, 0.25) is 0 Å². The third-order valence-corrected chi connectivity index (χ3v) is 11.0. The van der Waals surface area contributed by atoms with Gasteiger partial charge >= 0.3 is 0 Å². The van der Waals surface area contributed by atoms with Gasteiger partial charge in [-0.1, -0.05) is 10.4 Å². The molecule has 2 fully saturated rings. The van der Waals surface area contributed by atoms with Crippen LogP contribution in [0.3, 0.4) is 0 Å². The molecule has 3 N–H and O–H groups in total. The zero-order valence-electron chi connectivity index (χ0n) is 24.8. The summed E-state index contributed by atoms with van der Waals surface area (Å²) in [7, 11) is -1.51. The first-order chi connectivity index (χ1) is 20.7. The second kappa shape index (κ2) is 12.4. The predicted molar refractivity (Wildman–Crippen MR) is 151 cm³/mol. The molecule has 0 amide bonds. The van der Waals surface area contributed by atoms with Crippen LogP contribution in [-0.2, 0) is 25.8 Å². The molecule has 2 aliphatic rings. The van der Waals surface area contributed by atoms with E-state index >= 15 is 0 Å². The number of nitrogens with zero attached hydrogens (tertiary/aromatic N) is 7. The molecule has 1 unspecified atom stereocenters. The van der Waals surface area contributed by atoms with E-state index in [9.17, 15) is 27.6 Å². The third kappa shape index (κ3) is 6.12. The minimum atomic E-state index is -2.93. The molecule has 13 nitrogen and oxygen atoms in total. The van der Waals surface area contributed by atoms with Crippen molar-refractivity contribution in [3.63, 3.8) is 0 Å². The maximum absolute atomic E-state index is 13.8. The quantitative estimate of drug-likeness (QED) is 0.313. The second-order valence-corrected chi connectivity index (χ2v) is 14.9. The number of hydrogen-bond acceptors (Lipinski definition) is 10. The van der Waals surface area contributed by atoms with Crippen molar-refractivity contribution in [3.05, 3.63) is 47.7 Å². The summed E-state index contributed by atoms with van der Waals surface area (Å²) in [4.78, 5) is 0. The van der Waals surface area contributed by atoms with E-state index in [-0.39, 0.29) is 23.7 Å². The molecular formula is C27H37F3N8O5S. The number of aliphatic hydroxyl groups is 2. The monoisotopic (exact) mass is 642 g/mol. The highest BCUT2D eigenvalue weighted by molar-refractivity contribution is 7.91. The summed E-state index contributed by atoms with van der Waals surface area (Å²) in [6.07, 6.45) is 0.783. The normalized spacial score (nSPS) is 27.0. The number of nitrogens with one attached hydrogen (secondary N) is 1. The Bertz CT molecular complexity index is 1550. The Hall–Kier alpha value is -2.96. The van der Waals surface area contributed by atoms with Gasteiger partial charge in [0.15, 0.2) is 17.5 Å². The van der Waals surface area contributed by atoms with E-state index in [1.54, 1.807) is 36.0 Å². The fourth-order valence-corrected chi connectivity index (χ4v) is 7.23. The van der Waals surface area contributed by atoms with E-state index in [1.165, 1.54) is 18.0 Å². The Labute approximate surface area is 253 Å². The Balaban J connectivity index is 1.32. The SMILES string of the molecule is CO[C@@H]1[C@@H](n2cc(-c3cc(F)c(F)c(F)c3)nn2)[C@@H](O)[C@@H](CO)O[C@@H]1Cc1cn(C2CCN(S(=N)(=O)C(C)(C)C)CC2)nn1. The molecule has 2 aliphatic heterocycles. The molecule has 0 aliphatic carbocycles. The van der Waals surface area contributed by atoms with Crippen LogP contribution in [-0.4, -0.2) is 105 Å². The molecule has 2 aromatic heterocycles. The first-order valence-corrected chi connectivity index (χ1v) is 15.7. The second-order valence-electron chi connectivity index (χ2n) is 12.1. The lowest BCUT2D eigenvalue weighted by Crippen LogP contribution is -2.57. The number of aromatic nitrogens is 6. The van der Waals surface area contributed by atoms with Crippen LogP contribution in [0.15, 0.2) is 24.5 Å². The summed E-state index contributed by atoms with van der Waals surface area (Å²) >= 11 is 0. The molecule has 0 saturated carbocycles. The zero-order chi connectivity index (χ0) is 32.0. The van der Waals surface area contributed by atoms with Gasteiger partial charge in [-0.15, -0.1) is 10.2 Å². The smallest absolute Gasteiger partial charge is 0.194 e. The lowest BCUT2D eigenvalue weighted by molar-refractivity contribution is -0.212.